The topological polar surface area (TPSA) is 32.8 Å². The predicted molar refractivity (Wildman–Crippen MR) is 164 cm³/mol. The number of carbonyl (C=O) groups is 1. The van der Waals surface area contributed by atoms with E-state index in [4.69, 9.17) is 16.3 Å². The van der Waals surface area contributed by atoms with E-state index in [-0.39, 0.29) is 16.8 Å². The summed E-state index contributed by atoms with van der Waals surface area (Å²) in [5, 5.41) is -0.299. The molecule has 2 aliphatic rings. The van der Waals surface area contributed by atoms with E-state index < -0.39 is 22.8 Å². The molecule has 0 aliphatic carbocycles. The van der Waals surface area contributed by atoms with Crippen molar-refractivity contribution in [2.45, 2.75) is 56.7 Å². The fraction of sp³-hybridized carbons (Fsp3) is 0.457. The minimum atomic E-state index is -4.53. The van der Waals surface area contributed by atoms with Crippen LogP contribution in [0.1, 0.15) is 61.8 Å². The molecule has 1 amide bonds. The summed E-state index contributed by atoms with van der Waals surface area (Å²) in [6, 6.07) is 24.4. The van der Waals surface area contributed by atoms with E-state index in [1.807, 2.05) is 55.1 Å². The Bertz CT molecular complexity index is 1340. The summed E-state index contributed by atoms with van der Waals surface area (Å²) >= 11 is 5.94. The van der Waals surface area contributed by atoms with E-state index >= 15 is 0 Å². The van der Waals surface area contributed by atoms with Crippen LogP contribution in [0.25, 0.3) is 0 Å². The van der Waals surface area contributed by atoms with Crippen LogP contribution >= 0.6 is 11.6 Å². The van der Waals surface area contributed by atoms with Crippen molar-refractivity contribution in [3.05, 3.63) is 106 Å². The number of rotatable bonds is 10. The summed E-state index contributed by atoms with van der Waals surface area (Å²) in [5.74, 6) is 0.213. The number of hydrogen-bond acceptors (Lipinski definition) is 3. The number of amides is 1. The first-order chi connectivity index (χ1) is 20.7. The van der Waals surface area contributed by atoms with E-state index in [1.54, 1.807) is 6.07 Å². The minimum Gasteiger partial charge on any atom is -0.370 e. The van der Waals surface area contributed by atoms with Crippen LogP contribution < -0.4 is 0 Å². The monoisotopic (exact) mass is 612 g/mol. The van der Waals surface area contributed by atoms with Gasteiger partial charge in [-0.15, -0.1) is 0 Å². The van der Waals surface area contributed by atoms with Crippen LogP contribution in [-0.2, 0) is 26.7 Å². The van der Waals surface area contributed by atoms with Crippen molar-refractivity contribution >= 4 is 17.5 Å². The first kappa shape index (κ1) is 31.6. The van der Waals surface area contributed by atoms with Gasteiger partial charge in [-0.2, -0.15) is 13.2 Å². The SMILES string of the molecule is CCCOC1(c2ccc(Cl)c(C(F)(F)F)c2)CCN(CCC2CN(CC)C(=O)C2(c2ccccc2)c2ccccc2)CC1. The van der Waals surface area contributed by atoms with Gasteiger partial charge in [0.1, 0.15) is 5.41 Å². The maximum atomic E-state index is 14.2. The van der Waals surface area contributed by atoms with Gasteiger partial charge in [0.25, 0.3) is 0 Å². The van der Waals surface area contributed by atoms with Gasteiger partial charge < -0.3 is 14.5 Å². The molecule has 1 atom stereocenters. The van der Waals surface area contributed by atoms with E-state index in [0.717, 1.165) is 30.5 Å². The molecule has 2 fully saturated rings. The lowest BCUT2D eigenvalue weighted by molar-refractivity contribution is -0.138. The molecule has 0 N–H and O–H groups in total. The van der Waals surface area contributed by atoms with Crippen LogP contribution in [0.5, 0.6) is 0 Å². The molecule has 4 nitrogen and oxygen atoms in total. The van der Waals surface area contributed by atoms with Crippen molar-refractivity contribution in [3.8, 4) is 0 Å². The number of likely N-dealkylation sites (N-methyl/N-ethyl adjacent to an activating group) is 1. The van der Waals surface area contributed by atoms with E-state index in [1.165, 1.54) is 12.1 Å². The number of piperidine rings is 1. The zero-order valence-electron chi connectivity index (χ0n) is 24.9. The molecule has 43 heavy (non-hydrogen) atoms. The average molecular weight is 613 g/mol. The number of benzene rings is 3. The van der Waals surface area contributed by atoms with Crippen LogP contribution in [0.4, 0.5) is 13.2 Å². The highest BCUT2D eigenvalue weighted by Crippen LogP contribution is 2.48. The zero-order chi connectivity index (χ0) is 30.7. The van der Waals surface area contributed by atoms with Gasteiger partial charge in [-0.25, -0.2) is 0 Å². The molecule has 2 heterocycles. The van der Waals surface area contributed by atoms with Crippen LogP contribution in [0, 0.1) is 5.92 Å². The first-order valence-corrected chi connectivity index (χ1v) is 15.7. The molecule has 0 bridgehead atoms. The average Bonchev–Trinajstić information content (AvgIpc) is 3.31. The third-order valence-corrected chi connectivity index (χ3v) is 9.69. The normalized spacial score (nSPS) is 20.5. The van der Waals surface area contributed by atoms with Gasteiger partial charge in [0.05, 0.1) is 16.2 Å². The van der Waals surface area contributed by atoms with Gasteiger partial charge in [-0.3, -0.25) is 4.79 Å². The summed E-state index contributed by atoms with van der Waals surface area (Å²) in [6.07, 6.45) is -1.78. The Balaban J connectivity index is 1.38. The van der Waals surface area contributed by atoms with Crippen LogP contribution in [0.3, 0.4) is 0 Å². The quantitative estimate of drug-likeness (QED) is 0.233. The number of likely N-dealkylation sites (tertiary alicyclic amines) is 2. The van der Waals surface area contributed by atoms with Crippen LogP contribution in [0.15, 0.2) is 78.9 Å². The van der Waals surface area contributed by atoms with E-state index in [9.17, 15) is 18.0 Å². The van der Waals surface area contributed by atoms with E-state index in [0.29, 0.717) is 51.2 Å². The van der Waals surface area contributed by atoms with Gasteiger partial charge in [0.2, 0.25) is 5.91 Å². The molecule has 5 rings (SSSR count). The van der Waals surface area contributed by atoms with Crippen molar-refractivity contribution < 1.29 is 22.7 Å². The smallest absolute Gasteiger partial charge is 0.370 e. The third-order valence-electron chi connectivity index (χ3n) is 9.36. The van der Waals surface area contributed by atoms with Crippen molar-refractivity contribution in [3.63, 3.8) is 0 Å². The maximum absolute atomic E-state index is 14.2. The summed E-state index contributed by atoms with van der Waals surface area (Å²) in [6.45, 7) is 8.00. The van der Waals surface area contributed by atoms with Crippen LogP contribution in [-0.4, -0.2) is 55.0 Å². The lowest BCUT2D eigenvalue weighted by Crippen LogP contribution is -2.46. The molecule has 0 spiro atoms. The number of halogens is 4. The second-order valence-electron chi connectivity index (χ2n) is 11.7. The first-order valence-electron chi connectivity index (χ1n) is 15.3. The van der Waals surface area contributed by atoms with Gasteiger partial charge >= 0.3 is 6.18 Å². The number of nitrogens with zero attached hydrogens (tertiary/aromatic N) is 2. The number of alkyl halides is 3. The number of ether oxygens (including phenoxy) is 1. The molecule has 230 valence electrons. The lowest BCUT2D eigenvalue weighted by Gasteiger charge is -2.43. The Labute approximate surface area is 257 Å². The molecular formula is C35H40ClF3N2O2. The minimum absolute atomic E-state index is 0.0679. The van der Waals surface area contributed by atoms with Crippen LogP contribution in [0.2, 0.25) is 5.02 Å². The fourth-order valence-electron chi connectivity index (χ4n) is 7.09. The summed E-state index contributed by atoms with van der Waals surface area (Å²) in [7, 11) is 0. The molecule has 0 saturated carbocycles. The standard InChI is InChI=1S/C35H40ClF3N2O2/c1-3-23-43-33(28-15-16-31(36)30(24-28)35(37,38)39)18-21-40(22-19-33)20-17-29-25-41(4-2)32(42)34(29,26-11-7-5-8-12-26)27-13-9-6-10-14-27/h5-16,24,29H,3-4,17-23,25H2,1-2H3. The number of carbonyl (C=O) groups excluding carboxylic acids is 1. The van der Waals surface area contributed by atoms with Crippen molar-refractivity contribution in [1.29, 1.82) is 0 Å². The third kappa shape index (κ3) is 6.09. The lowest BCUT2D eigenvalue weighted by atomic mass is 9.66. The van der Waals surface area contributed by atoms with Gasteiger partial charge in [0.15, 0.2) is 0 Å². The second-order valence-corrected chi connectivity index (χ2v) is 12.2. The fourth-order valence-corrected chi connectivity index (χ4v) is 7.32. The molecule has 0 radical (unpaired) electrons. The molecular weight excluding hydrogens is 573 g/mol. The van der Waals surface area contributed by atoms with Gasteiger partial charge in [-0.1, -0.05) is 85.3 Å². The highest BCUT2D eigenvalue weighted by atomic mass is 35.5. The Morgan fingerprint density at radius 3 is 2.05 bits per heavy atom. The van der Waals surface area contributed by atoms with Gasteiger partial charge in [-0.05, 0) is 68.0 Å². The largest absolute Gasteiger partial charge is 0.417 e. The zero-order valence-corrected chi connectivity index (χ0v) is 25.6. The Morgan fingerprint density at radius 1 is 0.907 bits per heavy atom. The maximum Gasteiger partial charge on any atom is 0.417 e. The Hall–Kier alpha value is -2.87. The van der Waals surface area contributed by atoms with E-state index in [2.05, 4.69) is 29.2 Å². The molecule has 8 heteroatoms. The van der Waals surface area contributed by atoms with Crippen molar-refractivity contribution in [2.75, 3.05) is 39.3 Å². The molecule has 2 aliphatic heterocycles. The summed E-state index contributed by atoms with van der Waals surface area (Å²) in [5.41, 5.74) is 0.182. The van der Waals surface area contributed by atoms with Crippen molar-refractivity contribution in [2.24, 2.45) is 5.92 Å². The summed E-state index contributed by atoms with van der Waals surface area (Å²) < 4.78 is 47.5. The van der Waals surface area contributed by atoms with Gasteiger partial charge in [0, 0.05) is 38.7 Å². The molecule has 0 aromatic heterocycles. The predicted octanol–water partition coefficient (Wildman–Crippen LogP) is 7.93. The molecule has 3 aromatic carbocycles. The highest BCUT2D eigenvalue weighted by molar-refractivity contribution is 6.31. The second kappa shape index (κ2) is 13.0. The Morgan fingerprint density at radius 2 is 1.51 bits per heavy atom. The number of hydrogen-bond donors (Lipinski definition) is 0. The molecule has 1 unspecified atom stereocenters. The highest BCUT2D eigenvalue weighted by Gasteiger charge is 2.55. The summed E-state index contributed by atoms with van der Waals surface area (Å²) in [4.78, 5) is 18.5. The Kier molecular flexibility index (Phi) is 9.55. The molecule has 3 aromatic rings. The van der Waals surface area contributed by atoms with Crippen molar-refractivity contribution in [1.82, 2.24) is 9.80 Å². The molecule has 2 saturated heterocycles.